The van der Waals surface area contributed by atoms with Crippen LogP contribution in [0.2, 0.25) is 0 Å². The molecule has 2 amide bonds. The highest BCUT2D eigenvalue weighted by Crippen LogP contribution is 2.18. The Bertz CT molecular complexity index is 394. The summed E-state index contributed by atoms with van der Waals surface area (Å²) < 4.78 is 5.74. The summed E-state index contributed by atoms with van der Waals surface area (Å²) in [4.78, 5) is 13.7. The predicted molar refractivity (Wildman–Crippen MR) is 75.3 cm³/mol. The lowest BCUT2D eigenvalue weighted by Gasteiger charge is -2.17. The Labute approximate surface area is 114 Å². The van der Waals surface area contributed by atoms with Crippen molar-refractivity contribution in [3.05, 3.63) is 30.3 Å². The van der Waals surface area contributed by atoms with E-state index in [9.17, 15) is 4.79 Å². The summed E-state index contributed by atoms with van der Waals surface area (Å²) in [5, 5.41) is 2.91. The van der Waals surface area contributed by atoms with Gasteiger partial charge in [-0.15, -0.1) is 0 Å². The summed E-state index contributed by atoms with van der Waals surface area (Å²) in [6, 6.07) is 9.89. The maximum Gasteiger partial charge on any atom is 0.317 e. The number of hydrogen-bond acceptors (Lipinski definition) is 2. The van der Waals surface area contributed by atoms with Crippen molar-refractivity contribution in [2.45, 2.75) is 19.8 Å². The summed E-state index contributed by atoms with van der Waals surface area (Å²) in [5.74, 6) is 1.34. The van der Waals surface area contributed by atoms with E-state index in [-0.39, 0.29) is 6.03 Å². The molecule has 0 aromatic heterocycles. The van der Waals surface area contributed by atoms with Crippen LogP contribution >= 0.6 is 0 Å². The molecule has 1 aliphatic heterocycles. The Kier molecular flexibility index (Phi) is 5.07. The highest BCUT2D eigenvalue weighted by molar-refractivity contribution is 5.74. The smallest absolute Gasteiger partial charge is 0.317 e. The Morgan fingerprint density at radius 1 is 1.42 bits per heavy atom. The molecule has 0 saturated carbocycles. The average molecular weight is 262 g/mol. The zero-order chi connectivity index (χ0) is 13.5. The minimum Gasteiger partial charge on any atom is -0.493 e. The molecule has 0 radical (unpaired) electrons. The largest absolute Gasteiger partial charge is 0.493 e. The van der Waals surface area contributed by atoms with E-state index >= 15 is 0 Å². The molecule has 1 N–H and O–H groups in total. The monoisotopic (exact) mass is 262 g/mol. The predicted octanol–water partition coefficient (Wildman–Crippen LogP) is 2.51. The molecular formula is C15H22N2O2. The number of rotatable bonds is 5. The number of ether oxygens (including phenoxy) is 1. The SMILES string of the molecule is CCCNC(=O)N1CCC(COc2ccccc2)C1. The number of carbonyl (C=O) groups is 1. The highest BCUT2D eigenvalue weighted by Gasteiger charge is 2.26. The van der Waals surface area contributed by atoms with Gasteiger partial charge in [-0.2, -0.15) is 0 Å². The van der Waals surface area contributed by atoms with E-state index in [4.69, 9.17) is 4.74 Å². The first-order valence-corrected chi connectivity index (χ1v) is 7.00. The first-order valence-electron chi connectivity index (χ1n) is 7.00. The number of nitrogens with one attached hydrogen (secondary N) is 1. The molecule has 1 heterocycles. The summed E-state index contributed by atoms with van der Waals surface area (Å²) in [5.41, 5.74) is 0. The molecule has 1 saturated heterocycles. The van der Waals surface area contributed by atoms with E-state index < -0.39 is 0 Å². The molecule has 1 aromatic carbocycles. The standard InChI is InChI=1S/C15H22N2O2/c1-2-9-16-15(18)17-10-8-13(11-17)12-19-14-6-4-3-5-7-14/h3-7,13H,2,8-12H2,1H3,(H,16,18). The zero-order valence-corrected chi connectivity index (χ0v) is 11.5. The normalized spacial score (nSPS) is 18.4. The van der Waals surface area contributed by atoms with Gasteiger partial charge in [0, 0.05) is 25.6 Å². The van der Waals surface area contributed by atoms with Crippen LogP contribution in [0, 0.1) is 5.92 Å². The molecule has 0 spiro atoms. The molecule has 1 atom stereocenters. The van der Waals surface area contributed by atoms with Crippen molar-refractivity contribution >= 4 is 6.03 Å². The van der Waals surface area contributed by atoms with Crippen molar-refractivity contribution in [2.75, 3.05) is 26.2 Å². The van der Waals surface area contributed by atoms with Crippen molar-refractivity contribution in [2.24, 2.45) is 5.92 Å². The van der Waals surface area contributed by atoms with E-state index in [0.717, 1.165) is 38.2 Å². The molecule has 1 unspecified atom stereocenters. The highest BCUT2D eigenvalue weighted by atomic mass is 16.5. The summed E-state index contributed by atoms with van der Waals surface area (Å²) >= 11 is 0. The van der Waals surface area contributed by atoms with Crippen molar-refractivity contribution in [1.82, 2.24) is 10.2 Å². The third-order valence-electron chi connectivity index (χ3n) is 3.33. The molecular weight excluding hydrogens is 240 g/mol. The second kappa shape index (κ2) is 7.02. The van der Waals surface area contributed by atoms with E-state index in [2.05, 4.69) is 12.2 Å². The molecule has 4 heteroatoms. The van der Waals surface area contributed by atoms with Gasteiger partial charge in [0.15, 0.2) is 0 Å². The molecule has 1 fully saturated rings. The lowest BCUT2D eigenvalue weighted by atomic mass is 10.1. The average Bonchev–Trinajstić information content (AvgIpc) is 2.92. The second-order valence-electron chi connectivity index (χ2n) is 4.96. The maximum atomic E-state index is 11.8. The van der Waals surface area contributed by atoms with Crippen LogP contribution in [-0.2, 0) is 0 Å². The molecule has 0 bridgehead atoms. The van der Waals surface area contributed by atoms with Crippen molar-refractivity contribution in [3.63, 3.8) is 0 Å². The second-order valence-corrected chi connectivity index (χ2v) is 4.96. The minimum atomic E-state index is 0.0593. The Hall–Kier alpha value is -1.71. The number of benzene rings is 1. The number of nitrogens with zero attached hydrogens (tertiary/aromatic N) is 1. The molecule has 19 heavy (non-hydrogen) atoms. The Morgan fingerprint density at radius 3 is 2.95 bits per heavy atom. The fourth-order valence-corrected chi connectivity index (χ4v) is 2.23. The van der Waals surface area contributed by atoms with Crippen molar-refractivity contribution in [1.29, 1.82) is 0 Å². The molecule has 0 aliphatic carbocycles. The van der Waals surface area contributed by atoms with Gasteiger partial charge in [-0.25, -0.2) is 4.79 Å². The first-order chi connectivity index (χ1) is 9.29. The van der Waals surface area contributed by atoms with Gasteiger partial charge >= 0.3 is 6.03 Å². The maximum absolute atomic E-state index is 11.8. The molecule has 2 rings (SSSR count). The first kappa shape index (κ1) is 13.7. The van der Waals surface area contributed by atoms with Crippen LogP contribution in [0.5, 0.6) is 5.75 Å². The van der Waals surface area contributed by atoms with Crippen LogP contribution < -0.4 is 10.1 Å². The molecule has 4 nitrogen and oxygen atoms in total. The van der Waals surface area contributed by atoms with Crippen LogP contribution in [0.25, 0.3) is 0 Å². The zero-order valence-electron chi connectivity index (χ0n) is 11.5. The number of carbonyl (C=O) groups excluding carboxylic acids is 1. The van der Waals surface area contributed by atoms with Crippen LogP contribution in [-0.4, -0.2) is 37.2 Å². The summed E-state index contributed by atoms with van der Waals surface area (Å²) in [6.45, 7) is 5.11. The van der Waals surface area contributed by atoms with Gasteiger partial charge in [-0.3, -0.25) is 0 Å². The molecule has 1 aliphatic rings. The van der Waals surface area contributed by atoms with Gasteiger partial charge in [0.2, 0.25) is 0 Å². The van der Waals surface area contributed by atoms with Gasteiger partial charge in [0.05, 0.1) is 6.61 Å². The van der Waals surface area contributed by atoms with Crippen molar-refractivity contribution < 1.29 is 9.53 Å². The molecule has 104 valence electrons. The number of likely N-dealkylation sites (tertiary alicyclic amines) is 1. The van der Waals surface area contributed by atoms with Gasteiger partial charge in [-0.1, -0.05) is 25.1 Å². The number of hydrogen-bond donors (Lipinski definition) is 1. The lowest BCUT2D eigenvalue weighted by Crippen LogP contribution is -2.39. The Morgan fingerprint density at radius 2 is 2.21 bits per heavy atom. The minimum absolute atomic E-state index is 0.0593. The topological polar surface area (TPSA) is 41.6 Å². The fraction of sp³-hybridized carbons (Fsp3) is 0.533. The summed E-state index contributed by atoms with van der Waals surface area (Å²) in [7, 11) is 0. The quantitative estimate of drug-likeness (QED) is 0.886. The van der Waals surface area contributed by atoms with Crippen LogP contribution in [0.1, 0.15) is 19.8 Å². The fourth-order valence-electron chi connectivity index (χ4n) is 2.23. The third kappa shape index (κ3) is 4.16. The number of para-hydroxylation sites is 1. The third-order valence-corrected chi connectivity index (χ3v) is 3.33. The summed E-state index contributed by atoms with van der Waals surface area (Å²) in [6.07, 6.45) is 1.99. The van der Waals surface area contributed by atoms with Crippen LogP contribution in [0.4, 0.5) is 4.79 Å². The van der Waals surface area contributed by atoms with E-state index in [1.807, 2.05) is 35.2 Å². The Balaban J connectivity index is 1.71. The van der Waals surface area contributed by atoms with E-state index in [1.54, 1.807) is 0 Å². The van der Waals surface area contributed by atoms with Gasteiger partial charge in [-0.05, 0) is 25.0 Å². The van der Waals surface area contributed by atoms with Gasteiger partial charge < -0.3 is 15.0 Å². The number of amides is 2. The number of urea groups is 1. The van der Waals surface area contributed by atoms with Crippen molar-refractivity contribution in [3.8, 4) is 5.75 Å². The van der Waals surface area contributed by atoms with Gasteiger partial charge in [0.25, 0.3) is 0 Å². The lowest BCUT2D eigenvalue weighted by molar-refractivity contribution is 0.202. The van der Waals surface area contributed by atoms with Gasteiger partial charge in [0.1, 0.15) is 5.75 Å². The van der Waals surface area contributed by atoms with E-state index in [0.29, 0.717) is 12.5 Å². The van der Waals surface area contributed by atoms with E-state index in [1.165, 1.54) is 0 Å². The molecule has 1 aromatic rings. The van der Waals surface area contributed by atoms with Crippen LogP contribution in [0.3, 0.4) is 0 Å². The van der Waals surface area contributed by atoms with Crippen LogP contribution in [0.15, 0.2) is 30.3 Å².